The van der Waals surface area contributed by atoms with E-state index >= 15 is 0 Å². The van der Waals surface area contributed by atoms with Gasteiger partial charge in [0, 0.05) is 11.3 Å². The van der Waals surface area contributed by atoms with Crippen LogP contribution >= 0.6 is 11.8 Å². The monoisotopic (exact) mass is 381 g/mol. The molecule has 1 heterocycles. The summed E-state index contributed by atoms with van der Waals surface area (Å²) in [6.07, 6.45) is 0. The van der Waals surface area contributed by atoms with Crippen LogP contribution in [0.4, 0.5) is 5.69 Å². The molecule has 1 aromatic heterocycles. The summed E-state index contributed by atoms with van der Waals surface area (Å²) in [7, 11) is 0. The summed E-state index contributed by atoms with van der Waals surface area (Å²) < 4.78 is 1.61. The van der Waals surface area contributed by atoms with Gasteiger partial charge in [0.2, 0.25) is 11.1 Å². The van der Waals surface area contributed by atoms with Crippen molar-refractivity contribution in [1.29, 1.82) is 0 Å². The molecule has 0 saturated carbocycles. The lowest BCUT2D eigenvalue weighted by Crippen LogP contribution is -2.23. The number of amides is 1. The summed E-state index contributed by atoms with van der Waals surface area (Å²) in [4.78, 5) is 23.8. The molecule has 8 heteroatoms. The van der Waals surface area contributed by atoms with E-state index in [4.69, 9.17) is 0 Å². The summed E-state index contributed by atoms with van der Waals surface area (Å²) in [5.74, 6) is -0.186. The predicted octanol–water partition coefficient (Wildman–Crippen LogP) is 3.29. The zero-order valence-electron chi connectivity index (χ0n) is 15.2. The van der Waals surface area contributed by atoms with Crippen molar-refractivity contribution in [3.05, 3.63) is 59.7 Å². The Kier molecular flexibility index (Phi) is 5.66. The number of thioether (sulfide) groups is 1. The molecule has 1 atom stereocenters. The first-order valence-electron chi connectivity index (χ1n) is 8.38. The molecule has 3 rings (SSSR count). The van der Waals surface area contributed by atoms with E-state index in [2.05, 4.69) is 20.8 Å². The van der Waals surface area contributed by atoms with Gasteiger partial charge in [0.15, 0.2) is 5.78 Å². The third-order valence-corrected chi connectivity index (χ3v) is 4.93. The topological polar surface area (TPSA) is 89.8 Å². The van der Waals surface area contributed by atoms with Gasteiger partial charge in [0.05, 0.1) is 10.9 Å². The van der Waals surface area contributed by atoms with E-state index in [0.29, 0.717) is 16.4 Å². The molecule has 138 valence electrons. The quantitative estimate of drug-likeness (QED) is 0.520. The molecule has 0 fully saturated rings. The smallest absolute Gasteiger partial charge is 0.237 e. The van der Waals surface area contributed by atoms with Crippen molar-refractivity contribution in [2.45, 2.75) is 31.2 Å². The molecular weight excluding hydrogens is 362 g/mol. The molecule has 7 nitrogen and oxygen atoms in total. The molecule has 27 heavy (non-hydrogen) atoms. The number of nitrogens with zero attached hydrogens (tertiary/aromatic N) is 4. The maximum absolute atomic E-state index is 12.5. The predicted molar refractivity (Wildman–Crippen MR) is 104 cm³/mol. The standard InChI is InChI=1S/C19H19N5O2S/c1-12-5-4-6-17(11-12)24-19(21-22-23-24)27-14(3)18(26)20-16-9-7-15(8-10-16)13(2)25/h4-11,14H,1-3H3,(H,20,26). The molecule has 0 saturated heterocycles. The summed E-state index contributed by atoms with van der Waals surface area (Å²) in [6.45, 7) is 5.29. The number of hydrogen-bond acceptors (Lipinski definition) is 6. The highest BCUT2D eigenvalue weighted by molar-refractivity contribution is 8.00. The van der Waals surface area contributed by atoms with Gasteiger partial charge < -0.3 is 5.32 Å². The van der Waals surface area contributed by atoms with Gasteiger partial charge in [-0.15, -0.1) is 5.10 Å². The summed E-state index contributed by atoms with van der Waals surface area (Å²) >= 11 is 1.27. The molecular formula is C19H19N5O2S. The van der Waals surface area contributed by atoms with Crippen LogP contribution in [0.15, 0.2) is 53.7 Å². The van der Waals surface area contributed by atoms with Gasteiger partial charge >= 0.3 is 0 Å². The van der Waals surface area contributed by atoms with Crippen LogP contribution in [0.2, 0.25) is 0 Å². The number of nitrogens with one attached hydrogen (secondary N) is 1. The summed E-state index contributed by atoms with van der Waals surface area (Å²) in [5, 5.41) is 14.7. The maximum atomic E-state index is 12.5. The zero-order valence-corrected chi connectivity index (χ0v) is 16.0. The number of hydrogen-bond donors (Lipinski definition) is 1. The minimum Gasteiger partial charge on any atom is -0.325 e. The molecule has 0 bridgehead atoms. The third kappa shape index (κ3) is 4.59. The number of aromatic nitrogens is 4. The number of carbonyl (C=O) groups excluding carboxylic acids is 2. The van der Waals surface area contributed by atoms with Crippen molar-refractivity contribution in [2.75, 3.05) is 5.32 Å². The zero-order chi connectivity index (χ0) is 19.4. The van der Waals surface area contributed by atoms with E-state index in [1.165, 1.54) is 18.7 Å². The number of carbonyl (C=O) groups is 2. The van der Waals surface area contributed by atoms with Crippen molar-refractivity contribution in [3.8, 4) is 5.69 Å². The Balaban J connectivity index is 1.69. The molecule has 0 aliphatic carbocycles. The van der Waals surface area contributed by atoms with Gasteiger partial charge in [0.25, 0.3) is 0 Å². The van der Waals surface area contributed by atoms with Crippen LogP contribution < -0.4 is 5.32 Å². The molecule has 2 aromatic carbocycles. The van der Waals surface area contributed by atoms with Gasteiger partial charge in [0.1, 0.15) is 0 Å². The number of anilines is 1. The lowest BCUT2D eigenvalue weighted by molar-refractivity contribution is -0.115. The molecule has 1 unspecified atom stereocenters. The van der Waals surface area contributed by atoms with Gasteiger partial charge in [-0.05, 0) is 73.2 Å². The average molecular weight is 381 g/mol. The number of ketones is 1. The van der Waals surface area contributed by atoms with Crippen molar-refractivity contribution in [2.24, 2.45) is 0 Å². The fraction of sp³-hybridized carbons (Fsp3) is 0.211. The average Bonchev–Trinajstić information content (AvgIpc) is 3.10. The maximum Gasteiger partial charge on any atom is 0.237 e. The first-order valence-corrected chi connectivity index (χ1v) is 9.26. The first-order chi connectivity index (χ1) is 12.9. The van der Waals surface area contributed by atoms with Gasteiger partial charge in [-0.1, -0.05) is 23.9 Å². The number of tetrazole rings is 1. The van der Waals surface area contributed by atoms with Crippen molar-refractivity contribution in [1.82, 2.24) is 20.2 Å². The van der Waals surface area contributed by atoms with E-state index in [1.54, 1.807) is 35.9 Å². The molecule has 0 spiro atoms. The Labute approximate surface area is 161 Å². The Bertz CT molecular complexity index is 968. The number of rotatable bonds is 6. The molecule has 3 aromatic rings. The largest absolute Gasteiger partial charge is 0.325 e. The number of aryl methyl sites for hydroxylation is 1. The van der Waals surface area contributed by atoms with Gasteiger partial charge in [-0.2, -0.15) is 4.68 Å². The minimum absolute atomic E-state index is 0.0141. The Morgan fingerprint density at radius 2 is 1.89 bits per heavy atom. The summed E-state index contributed by atoms with van der Waals surface area (Å²) in [6, 6.07) is 14.6. The van der Waals surface area contributed by atoms with Crippen LogP contribution in [0.3, 0.4) is 0 Å². The Morgan fingerprint density at radius 3 is 2.56 bits per heavy atom. The molecule has 0 aliphatic rings. The van der Waals surface area contributed by atoms with E-state index in [0.717, 1.165) is 11.3 Å². The van der Waals surface area contributed by atoms with E-state index < -0.39 is 5.25 Å². The fourth-order valence-corrected chi connectivity index (χ4v) is 3.23. The summed E-state index contributed by atoms with van der Waals surface area (Å²) in [5.41, 5.74) is 3.18. The lowest BCUT2D eigenvalue weighted by atomic mass is 10.1. The normalized spacial score (nSPS) is 11.8. The van der Waals surface area contributed by atoms with E-state index in [9.17, 15) is 9.59 Å². The van der Waals surface area contributed by atoms with Crippen LogP contribution in [0.5, 0.6) is 0 Å². The first kappa shape index (κ1) is 18.8. The van der Waals surface area contributed by atoms with Crippen LogP contribution in [0.1, 0.15) is 29.8 Å². The van der Waals surface area contributed by atoms with Gasteiger partial charge in [-0.3, -0.25) is 9.59 Å². The second-order valence-electron chi connectivity index (χ2n) is 6.10. The molecule has 0 radical (unpaired) electrons. The second-order valence-corrected chi connectivity index (χ2v) is 7.40. The minimum atomic E-state index is -0.410. The SMILES string of the molecule is CC(=O)c1ccc(NC(=O)C(C)Sc2nnnn2-c2cccc(C)c2)cc1. The molecule has 1 N–H and O–H groups in total. The number of Topliss-reactive ketones (excluding diaryl/α,β-unsaturated/α-hetero) is 1. The Morgan fingerprint density at radius 1 is 1.15 bits per heavy atom. The third-order valence-electron chi connectivity index (χ3n) is 3.90. The lowest BCUT2D eigenvalue weighted by Gasteiger charge is -2.12. The second kappa shape index (κ2) is 8.13. The van der Waals surface area contributed by atoms with Crippen molar-refractivity contribution in [3.63, 3.8) is 0 Å². The highest BCUT2D eigenvalue weighted by Crippen LogP contribution is 2.24. The van der Waals surface area contributed by atoms with Crippen LogP contribution in [-0.2, 0) is 4.79 Å². The van der Waals surface area contributed by atoms with Crippen LogP contribution in [0, 0.1) is 6.92 Å². The molecule has 0 aliphatic heterocycles. The van der Waals surface area contributed by atoms with Crippen molar-refractivity contribution >= 4 is 29.1 Å². The van der Waals surface area contributed by atoms with Crippen molar-refractivity contribution < 1.29 is 9.59 Å². The number of benzene rings is 2. The molecule has 1 amide bonds. The van der Waals surface area contributed by atoms with E-state index in [-0.39, 0.29) is 11.7 Å². The van der Waals surface area contributed by atoms with Gasteiger partial charge in [-0.25, -0.2) is 0 Å². The fourth-order valence-electron chi connectivity index (χ4n) is 2.42. The Hall–Kier alpha value is -3.00. The van der Waals surface area contributed by atoms with Crippen LogP contribution in [-0.4, -0.2) is 37.1 Å². The highest BCUT2D eigenvalue weighted by atomic mass is 32.2. The highest BCUT2D eigenvalue weighted by Gasteiger charge is 2.19. The van der Waals surface area contributed by atoms with E-state index in [1.807, 2.05) is 31.2 Å². The van der Waals surface area contributed by atoms with Crippen LogP contribution in [0.25, 0.3) is 5.69 Å².